The zero-order valence-corrected chi connectivity index (χ0v) is 11.9. The van der Waals surface area contributed by atoms with Crippen LogP contribution in [0.2, 0.25) is 0 Å². The second-order valence-corrected chi connectivity index (χ2v) is 10.6. The van der Waals surface area contributed by atoms with E-state index in [4.69, 9.17) is 4.52 Å². The first-order valence-electron chi connectivity index (χ1n) is 5.22. The molecule has 0 aromatic heterocycles. The molecule has 0 spiro atoms. The Bertz CT molecular complexity index is 166. The molecule has 2 nitrogen and oxygen atoms in total. The summed E-state index contributed by atoms with van der Waals surface area (Å²) in [7, 11) is 0. The highest BCUT2D eigenvalue weighted by molar-refractivity contribution is 8.89. The normalized spacial score (nSPS) is 15.4. The van der Waals surface area contributed by atoms with Gasteiger partial charge in [0.2, 0.25) is 0 Å². The Hall–Kier alpha value is 0.890. The Morgan fingerprint density at radius 2 is 1.86 bits per heavy atom. The van der Waals surface area contributed by atoms with Gasteiger partial charge in [0.1, 0.15) is 0 Å². The fourth-order valence-electron chi connectivity index (χ4n) is 0.956. The van der Waals surface area contributed by atoms with Crippen LogP contribution in [0.1, 0.15) is 40.0 Å². The van der Waals surface area contributed by atoms with Gasteiger partial charge in [-0.15, -0.1) is 0 Å². The van der Waals surface area contributed by atoms with Gasteiger partial charge >= 0.3 is 5.77 Å². The third-order valence-corrected chi connectivity index (χ3v) is 9.26. The van der Waals surface area contributed by atoms with Crippen molar-refractivity contribution in [2.75, 3.05) is 18.1 Å². The quantitative estimate of drug-likeness (QED) is 0.437. The number of unbranched alkanes of at least 4 members (excludes halogenated alkanes) is 2. The highest BCUT2D eigenvalue weighted by Gasteiger charge is 2.22. The average Bonchev–Trinajstić information content (AvgIpc) is 2.13. The lowest BCUT2D eigenvalue weighted by molar-refractivity contribution is 0.357. The predicted molar refractivity (Wildman–Crippen MR) is 69.3 cm³/mol. The minimum absolute atomic E-state index is 0.547. The van der Waals surface area contributed by atoms with Crippen molar-refractivity contribution in [2.24, 2.45) is 0 Å². The maximum absolute atomic E-state index is 12.1. The van der Waals surface area contributed by atoms with Crippen LogP contribution in [-0.2, 0) is 9.09 Å². The molecule has 0 radical (unpaired) electrons. The van der Waals surface area contributed by atoms with Crippen LogP contribution in [0.4, 0.5) is 0 Å². The molecule has 0 heterocycles. The van der Waals surface area contributed by atoms with Crippen molar-refractivity contribution in [3.63, 3.8) is 0 Å². The third-order valence-electron chi connectivity index (χ3n) is 1.57. The van der Waals surface area contributed by atoms with E-state index in [1.165, 1.54) is 35.6 Å². The van der Waals surface area contributed by atoms with Crippen LogP contribution in [0.15, 0.2) is 0 Å². The summed E-state index contributed by atoms with van der Waals surface area (Å²) in [5.41, 5.74) is 0. The second-order valence-electron chi connectivity index (χ2n) is 2.82. The number of hydrogen-bond acceptors (Lipinski definition) is 4. The smallest absolute Gasteiger partial charge is 0.313 e. The Morgan fingerprint density at radius 3 is 2.36 bits per heavy atom. The van der Waals surface area contributed by atoms with Crippen molar-refractivity contribution >= 4 is 28.5 Å². The summed E-state index contributed by atoms with van der Waals surface area (Å²) in [4.78, 5) is 0. The molecular weight excluding hydrogens is 235 g/mol. The summed E-state index contributed by atoms with van der Waals surface area (Å²) < 4.78 is 17.4. The van der Waals surface area contributed by atoms with E-state index in [-0.39, 0.29) is 0 Å². The molecule has 0 saturated carbocycles. The summed E-state index contributed by atoms with van der Waals surface area (Å²) in [6.45, 7) is 6.64. The Kier molecular flexibility index (Phi) is 9.72. The lowest BCUT2D eigenvalue weighted by atomic mass is 10.3. The van der Waals surface area contributed by atoms with Gasteiger partial charge in [0.25, 0.3) is 0 Å². The first kappa shape index (κ1) is 14.9. The largest absolute Gasteiger partial charge is 0.314 e. The van der Waals surface area contributed by atoms with E-state index in [9.17, 15) is 4.57 Å². The van der Waals surface area contributed by atoms with Gasteiger partial charge in [-0.3, -0.25) is 4.57 Å². The van der Waals surface area contributed by atoms with Crippen molar-refractivity contribution < 1.29 is 9.09 Å². The van der Waals surface area contributed by atoms with Crippen LogP contribution in [0.25, 0.3) is 0 Å². The number of rotatable bonds is 9. The standard InChI is InChI=1S/C9H21O2PS2/c1-4-7-8-9-14-12(10,11-5-2)13-6-3/h4-9H2,1-3H3. The summed E-state index contributed by atoms with van der Waals surface area (Å²) >= 11 is 2.97. The van der Waals surface area contributed by atoms with Crippen LogP contribution in [0.5, 0.6) is 0 Å². The van der Waals surface area contributed by atoms with Gasteiger partial charge in [-0.1, -0.05) is 49.5 Å². The van der Waals surface area contributed by atoms with Crippen LogP contribution < -0.4 is 0 Å². The summed E-state index contributed by atoms with van der Waals surface area (Å²) in [5.74, 6) is -0.611. The molecular formula is C9H21O2PS2. The van der Waals surface area contributed by atoms with Crippen LogP contribution in [0, 0.1) is 0 Å². The Morgan fingerprint density at radius 1 is 1.14 bits per heavy atom. The van der Waals surface area contributed by atoms with Crippen molar-refractivity contribution in [3.05, 3.63) is 0 Å². The minimum Gasteiger partial charge on any atom is -0.314 e. The highest BCUT2D eigenvalue weighted by Crippen LogP contribution is 2.69. The molecule has 0 aliphatic heterocycles. The molecule has 0 N–H and O–H groups in total. The maximum Gasteiger partial charge on any atom is 0.313 e. The molecule has 0 amide bonds. The van der Waals surface area contributed by atoms with Crippen molar-refractivity contribution in [1.82, 2.24) is 0 Å². The van der Waals surface area contributed by atoms with Gasteiger partial charge in [-0.2, -0.15) is 0 Å². The molecule has 0 rings (SSSR count). The van der Waals surface area contributed by atoms with Crippen LogP contribution >= 0.6 is 28.5 Å². The molecule has 1 atom stereocenters. The Labute approximate surface area is 95.9 Å². The maximum atomic E-state index is 12.1. The monoisotopic (exact) mass is 256 g/mol. The first-order chi connectivity index (χ1) is 6.68. The minimum atomic E-state index is -2.43. The Balaban J connectivity index is 3.78. The summed E-state index contributed by atoms with van der Waals surface area (Å²) in [5, 5.41) is 0. The topological polar surface area (TPSA) is 26.3 Å². The summed E-state index contributed by atoms with van der Waals surface area (Å²) in [6.07, 6.45) is 3.57. The molecule has 86 valence electrons. The van der Waals surface area contributed by atoms with Gasteiger partial charge in [0.15, 0.2) is 0 Å². The van der Waals surface area contributed by atoms with Crippen LogP contribution in [0.3, 0.4) is 0 Å². The molecule has 0 aliphatic carbocycles. The van der Waals surface area contributed by atoms with Gasteiger partial charge in [-0.05, 0) is 13.3 Å². The van der Waals surface area contributed by atoms with Gasteiger partial charge in [0.05, 0.1) is 6.61 Å². The molecule has 1 unspecified atom stereocenters. The predicted octanol–water partition coefficient (Wildman–Crippen LogP) is 4.81. The fraction of sp³-hybridized carbons (Fsp3) is 1.00. The van der Waals surface area contributed by atoms with Crippen molar-refractivity contribution in [3.8, 4) is 0 Å². The second kappa shape index (κ2) is 9.14. The summed E-state index contributed by atoms with van der Waals surface area (Å²) in [6, 6.07) is 0. The highest BCUT2D eigenvalue weighted by atomic mass is 33.1. The molecule has 0 aromatic rings. The molecule has 14 heavy (non-hydrogen) atoms. The molecule has 0 bridgehead atoms. The lowest BCUT2D eigenvalue weighted by Crippen LogP contribution is -1.86. The van der Waals surface area contributed by atoms with E-state index in [2.05, 4.69) is 6.92 Å². The van der Waals surface area contributed by atoms with E-state index in [1.54, 1.807) is 0 Å². The van der Waals surface area contributed by atoms with Crippen molar-refractivity contribution in [1.29, 1.82) is 0 Å². The fourth-order valence-corrected chi connectivity index (χ4v) is 7.97. The van der Waals surface area contributed by atoms with Crippen LogP contribution in [-0.4, -0.2) is 18.1 Å². The van der Waals surface area contributed by atoms with Gasteiger partial charge < -0.3 is 4.52 Å². The number of hydrogen-bond donors (Lipinski definition) is 0. The van der Waals surface area contributed by atoms with E-state index >= 15 is 0 Å². The SMILES string of the molecule is CCCCCSP(=O)(OCC)SCC. The molecule has 0 saturated heterocycles. The lowest BCUT2D eigenvalue weighted by Gasteiger charge is -2.14. The van der Waals surface area contributed by atoms with Crippen molar-refractivity contribution in [2.45, 2.75) is 40.0 Å². The average molecular weight is 256 g/mol. The molecule has 0 aliphatic rings. The van der Waals surface area contributed by atoms with Gasteiger partial charge in [-0.25, -0.2) is 0 Å². The zero-order valence-electron chi connectivity index (χ0n) is 9.32. The van der Waals surface area contributed by atoms with E-state index < -0.39 is 5.77 Å². The van der Waals surface area contributed by atoms with Gasteiger partial charge in [0, 0.05) is 11.5 Å². The molecule has 5 heteroatoms. The molecule has 0 aromatic carbocycles. The molecule has 0 fully saturated rings. The zero-order chi connectivity index (χ0) is 10.9. The van der Waals surface area contributed by atoms with E-state index in [1.807, 2.05) is 13.8 Å². The van der Waals surface area contributed by atoms with E-state index in [0.717, 1.165) is 17.9 Å². The third kappa shape index (κ3) is 7.22. The first-order valence-corrected chi connectivity index (χ1v) is 10.0. The van der Waals surface area contributed by atoms with E-state index in [0.29, 0.717) is 6.61 Å².